The molecule has 1 aliphatic heterocycles. The van der Waals surface area contributed by atoms with Crippen LogP contribution < -0.4 is 0 Å². The number of nitrogens with zero attached hydrogens (tertiary/aromatic N) is 1. The number of likely N-dealkylation sites (tertiary alicyclic amines) is 1. The van der Waals surface area contributed by atoms with Crippen LogP contribution in [0.25, 0.3) is 0 Å². The van der Waals surface area contributed by atoms with Crippen LogP contribution in [0.3, 0.4) is 0 Å². The van der Waals surface area contributed by atoms with Gasteiger partial charge in [0, 0.05) is 25.1 Å². The first kappa shape index (κ1) is 11.3. The Balaban J connectivity index is 2.11. The van der Waals surface area contributed by atoms with Crippen molar-refractivity contribution in [1.29, 1.82) is 0 Å². The van der Waals surface area contributed by atoms with Gasteiger partial charge in [-0.3, -0.25) is 4.79 Å². The van der Waals surface area contributed by atoms with Gasteiger partial charge in [-0.05, 0) is 25.1 Å². The van der Waals surface area contributed by atoms with E-state index in [9.17, 15) is 9.18 Å². The lowest BCUT2D eigenvalue weighted by Crippen LogP contribution is -2.29. The minimum absolute atomic E-state index is 0.402. The van der Waals surface area contributed by atoms with E-state index in [2.05, 4.69) is 0 Å². The second-order valence-corrected chi connectivity index (χ2v) is 4.68. The first-order valence-corrected chi connectivity index (χ1v) is 5.53. The molecule has 0 spiro atoms. The number of benzene rings is 1. The Morgan fingerprint density at radius 3 is 3.00 bits per heavy atom. The van der Waals surface area contributed by atoms with E-state index in [0.717, 1.165) is 18.4 Å². The molecule has 2 rings (SSSR count). The maximum atomic E-state index is 14.4. The van der Waals surface area contributed by atoms with Gasteiger partial charge in [-0.1, -0.05) is 18.2 Å². The highest BCUT2D eigenvalue weighted by molar-refractivity contribution is 5.74. The molecule has 1 aliphatic rings. The van der Waals surface area contributed by atoms with Crippen LogP contribution in [0.2, 0.25) is 0 Å². The summed E-state index contributed by atoms with van der Waals surface area (Å²) in [4.78, 5) is 12.6. The Hall–Kier alpha value is -1.22. The molecule has 16 heavy (non-hydrogen) atoms. The molecule has 0 amide bonds. The Morgan fingerprint density at radius 1 is 1.56 bits per heavy atom. The van der Waals surface area contributed by atoms with Crippen LogP contribution in [0.15, 0.2) is 24.3 Å². The number of carbonyl (C=O) groups is 1. The molecule has 1 aromatic carbocycles. The van der Waals surface area contributed by atoms with Gasteiger partial charge in [0.25, 0.3) is 0 Å². The summed E-state index contributed by atoms with van der Waals surface area (Å²) in [7, 11) is 1.93. The maximum Gasteiger partial charge on any atom is 0.150 e. The Bertz CT molecular complexity index is 393. The molecule has 1 saturated heterocycles. The number of halogens is 1. The minimum atomic E-state index is -1.13. The number of hydrogen-bond donors (Lipinski definition) is 0. The molecule has 0 bridgehead atoms. The van der Waals surface area contributed by atoms with Gasteiger partial charge in [0.2, 0.25) is 0 Å². The molecule has 0 saturated carbocycles. The third-order valence-corrected chi connectivity index (χ3v) is 3.10. The fraction of sp³-hybridized carbons (Fsp3) is 0.462. The van der Waals surface area contributed by atoms with Crippen LogP contribution in [0.1, 0.15) is 22.3 Å². The zero-order valence-corrected chi connectivity index (χ0v) is 9.45. The van der Waals surface area contributed by atoms with Crippen LogP contribution in [0.5, 0.6) is 0 Å². The third-order valence-electron chi connectivity index (χ3n) is 3.10. The molecule has 0 N–H and O–H groups in total. The average Bonchev–Trinajstić information content (AvgIpc) is 2.58. The van der Waals surface area contributed by atoms with Crippen molar-refractivity contribution in [2.45, 2.75) is 18.5 Å². The summed E-state index contributed by atoms with van der Waals surface area (Å²) >= 11 is 0. The van der Waals surface area contributed by atoms with Gasteiger partial charge >= 0.3 is 0 Å². The molecule has 1 aromatic rings. The Kier molecular flexibility index (Phi) is 3.06. The van der Waals surface area contributed by atoms with Crippen molar-refractivity contribution in [1.82, 2.24) is 4.90 Å². The smallest absolute Gasteiger partial charge is 0.150 e. The van der Waals surface area contributed by atoms with E-state index in [1.165, 1.54) is 0 Å². The fourth-order valence-electron chi connectivity index (χ4n) is 2.32. The molecule has 1 heterocycles. The summed E-state index contributed by atoms with van der Waals surface area (Å²) in [6, 6.07) is 7.20. The summed E-state index contributed by atoms with van der Waals surface area (Å²) in [5, 5.41) is 0. The lowest BCUT2D eigenvalue weighted by Gasteiger charge is -2.19. The number of carbonyl (C=O) groups excluding carboxylic acids is 1. The first-order chi connectivity index (χ1) is 7.61. The van der Waals surface area contributed by atoms with Crippen molar-refractivity contribution in [3.05, 3.63) is 35.4 Å². The standard InChI is InChI=1S/C13H16FNO/c1-15-6-5-13(14,10-15)8-11-3-2-4-12(7-11)9-16/h2-4,7,9H,5-6,8,10H2,1H3. The quantitative estimate of drug-likeness (QED) is 0.728. The number of aldehydes is 1. The molecule has 0 aromatic heterocycles. The van der Waals surface area contributed by atoms with E-state index in [-0.39, 0.29) is 0 Å². The zero-order valence-electron chi connectivity index (χ0n) is 9.45. The number of hydrogen-bond acceptors (Lipinski definition) is 2. The maximum absolute atomic E-state index is 14.4. The second-order valence-electron chi connectivity index (χ2n) is 4.68. The monoisotopic (exact) mass is 221 g/mol. The molecule has 1 atom stereocenters. The van der Waals surface area contributed by atoms with Crippen molar-refractivity contribution in [3.63, 3.8) is 0 Å². The topological polar surface area (TPSA) is 20.3 Å². The van der Waals surface area contributed by atoms with E-state index in [0.29, 0.717) is 24.9 Å². The van der Waals surface area contributed by atoms with E-state index in [1.807, 2.05) is 18.0 Å². The lowest BCUT2D eigenvalue weighted by atomic mass is 9.95. The highest BCUT2D eigenvalue weighted by Crippen LogP contribution is 2.28. The molecule has 0 radical (unpaired) electrons. The Morgan fingerprint density at radius 2 is 2.38 bits per heavy atom. The summed E-state index contributed by atoms with van der Waals surface area (Å²) in [6.45, 7) is 1.29. The van der Waals surface area contributed by atoms with Crippen molar-refractivity contribution in [3.8, 4) is 0 Å². The van der Waals surface area contributed by atoms with Crippen LogP contribution in [0.4, 0.5) is 4.39 Å². The second kappa shape index (κ2) is 4.34. The predicted octanol–water partition coefficient (Wildman–Crippen LogP) is 2.09. The highest BCUT2D eigenvalue weighted by atomic mass is 19.1. The molecular weight excluding hydrogens is 205 g/mol. The average molecular weight is 221 g/mol. The van der Waals surface area contributed by atoms with Gasteiger partial charge in [-0.15, -0.1) is 0 Å². The van der Waals surface area contributed by atoms with Crippen molar-refractivity contribution >= 4 is 6.29 Å². The highest BCUT2D eigenvalue weighted by Gasteiger charge is 2.36. The minimum Gasteiger partial charge on any atom is -0.303 e. The SMILES string of the molecule is CN1CCC(F)(Cc2cccc(C=O)c2)C1. The number of alkyl halides is 1. The van der Waals surface area contributed by atoms with Crippen molar-refractivity contribution in [2.75, 3.05) is 20.1 Å². The summed E-state index contributed by atoms with van der Waals surface area (Å²) in [6.07, 6.45) is 1.78. The van der Waals surface area contributed by atoms with Gasteiger partial charge < -0.3 is 4.90 Å². The van der Waals surface area contributed by atoms with Gasteiger partial charge in [0.05, 0.1) is 0 Å². The molecule has 0 aliphatic carbocycles. The van der Waals surface area contributed by atoms with Gasteiger partial charge in [-0.2, -0.15) is 0 Å². The zero-order chi connectivity index (χ0) is 11.6. The summed E-state index contributed by atoms with van der Waals surface area (Å²) < 4.78 is 14.4. The molecule has 1 unspecified atom stereocenters. The van der Waals surface area contributed by atoms with Crippen LogP contribution in [-0.2, 0) is 6.42 Å². The van der Waals surface area contributed by atoms with Crippen LogP contribution in [0, 0.1) is 0 Å². The fourth-order valence-corrected chi connectivity index (χ4v) is 2.32. The van der Waals surface area contributed by atoms with E-state index in [1.54, 1.807) is 18.2 Å². The predicted molar refractivity (Wildman–Crippen MR) is 61.5 cm³/mol. The Labute approximate surface area is 95.1 Å². The van der Waals surface area contributed by atoms with E-state index >= 15 is 0 Å². The molecule has 2 nitrogen and oxygen atoms in total. The first-order valence-electron chi connectivity index (χ1n) is 5.53. The van der Waals surface area contributed by atoms with Crippen LogP contribution >= 0.6 is 0 Å². The largest absolute Gasteiger partial charge is 0.303 e. The molecular formula is C13H16FNO. The third kappa shape index (κ3) is 2.47. The van der Waals surface area contributed by atoms with Crippen molar-refractivity contribution in [2.24, 2.45) is 0 Å². The summed E-state index contributed by atoms with van der Waals surface area (Å²) in [5.41, 5.74) is 0.394. The molecule has 86 valence electrons. The lowest BCUT2D eigenvalue weighted by molar-refractivity contribution is 0.112. The van der Waals surface area contributed by atoms with E-state index < -0.39 is 5.67 Å². The molecule has 1 fully saturated rings. The number of rotatable bonds is 3. The molecule has 3 heteroatoms. The van der Waals surface area contributed by atoms with Gasteiger partial charge in [0.15, 0.2) is 0 Å². The van der Waals surface area contributed by atoms with Crippen molar-refractivity contribution < 1.29 is 9.18 Å². The van der Waals surface area contributed by atoms with Crippen LogP contribution in [-0.4, -0.2) is 37.0 Å². The normalized spacial score (nSPS) is 25.9. The van der Waals surface area contributed by atoms with Gasteiger partial charge in [-0.25, -0.2) is 4.39 Å². The van der Waals surface area contributed by atoms with E-state index in [4.69, 9.17) is 0 Å². The van der Waals surface area contributed by atoms with Gasteiger partial charge in [0.1, 0.15) is 12.0 Å². The summed E-state index contributed by atoms with van der Waals surface area (Å²) in [5.74, 6) is 0.